The maximum Gasteiger partial charge on any atom is 0.340 e. The van der Waals surface area contributed by atoms with Gasteiger partial charge in [0, 0.05) is 24.5 Å². The third-order valence-corrected chi connectivity index (χ3v) is 5.92. The second-order valence-corrected chi connectivity index (χ2v) is 8.15. The van der Waals surface area contributed by atoms with Crippen LogP contribution in [0.5, 0.6) is 0 Å². The van der Waals surface area contributed by atoms with Crippen LogP contribution in [0.15, 0.2) is 18.2 Å². The number of nitrogens with zero attached hydrogens (tertiary/aromatic N) is 3. The number of rotatable bonds is 5. The molecular weight excluding hydrogens is 372 g/mol. The Hall–Kier alpha value is -2.65. The first-order valence-electron chi connectivity index (χ1n) is 10.1. The van der Waals surface area contributed by atoms with Gasteiger partial charge in [0.15, 0.2) is 5.82 Å². The number of amides is 2. The first kappa shape index (κ1) is 19.7. The molecule has 2 aromatic rings. The summed E-state index contributed by atoms with van der Waals surface area (Å²) in [6.07, 6.45) is 3.64. The fourth-order valence-electron chi connectivity index (χ4n) is 4.30. The number of aryl methyl sites for hydroxylation is 1. The van der Waals surface area contributed by atoms with Crippen molar-refractivity contribution in [2.45, 2.75) is 50.8 Å². The van der Waals surface area contributed by atoms with Gasteiger partial charge in [0.25, 0.3) is 0 Å². The first-order chi connectivity index (χ1) is 13.9. The maximum absolute atomic E-state index is 12.3. The summed E-state index contributed by atoms with van der Waals surface area (Å²) in [5.74, 6) is 0.358. The minimum atomic E-state index is -0.666. The van der Waals surface area contributed by atoms with Crippen LogP contribution in [0.3, 0.4) is 0 Å². The van der Waals surface area contributed by atoms with Gasteiger partial charge in [0.2, 0.25) is 5.91 Å². The van der Waals surface area contributed by atoms with Crippen molar-refractivity contribution in [3.05, 3.63) is 23.8 Å². The number of hydrogen-bond donors (Lipinski definition) is 4. The van der Waals surface area contributed by atoms with E-state index in [9.17, 15) is 14.7 Å². The van der Waals surface area contributed by atoms with Gasteiger partial charge in [-0.2, -0.15) is 4.68 Å². The zero-order valence-electron chi connectivity index (χ0n) is 16.6. The van der Waals surface area contributed by atoms with Gasteiger partial charge in [-0.1, -0.05) is 11.6 Å². The average Bonchev–Trinajstić information content (AvgIpc) is 3.02. The lowest BCUT2D eigenvalue weighted by Crippen LogP contribution is -2.63. The van der Waals surface area contributed by atoms with E-state index in [0.717, 1.165) is 54.4 Å². The summed E-state index contributed by atoms with van der Waals surface area (Å²) in [6.45, 7) is 3.73. The Morgan fingerprint density at radius 3 is 2.66 bits per heavy atom. The number of nitrogens with one attached hydrogen (secondary N) is 2. The van der Waals surface area contributed by atoms with Gasteiger partial charge in [-0.25, -0.2) is 4.79 Å². The summed E-state index contributed by atoms with van der Waals surface area (Å²) in [7, 11) is 0. The van der Waals surface area contributed by atoms with Crippen LogP contribution in [0, 0.1) is 6.92 Å². The second-order valence-electron chi connectivity index (χ2n) is 8.15. The molecule has 0 atom stereocenters. The molecule has 156 valence electrons. The highest BCUT2D eigenvalue weighted by Crippen LogP contribution is 2.27. The Kier molecular flexibility index (Phi) is 5.42. The number of benzene rings is 1. The number of primary amides is 1. The largest absolute Gasteiger partial charge is 0.393 e. The number of aliphatic hydroxyl groups is 1. The van der Waals surface area contributed by atoms with Gasteiger partial charge in [-0.3, -0.25) is 9.69 Å². The van der Waals surface area contributed by atoms with E-state index in [1.54, 1.807) is 6.07 Å². The van der Waals surface area contributed by atoms with Gasteiger partial charge in [-0.05, 0) is 44.7 Å². The minimum absolute atomic E-state index is 0.0743. The van der Waals surface area contributed by atoms with E-state index in [-0.39, 0.29) is 24.6 Å². The average molecular weight is 400 g/mol. The summed E-state index contributed by atoms with van der Waals surface area (Å²) >= 11 is 0. The maximum atomic E-state index is 12.3. The molecule has 9 nitrogen and oxygen atoms in total. The van der Waals surface area contributed by atoms with Crippen molar-refractivity contribution in [3.8, 4) is 0 Å². The van der Waals surface area contributed by atoms with Crippen molar-refractivity contribution in [2.24, 2.45) is 5.73 Å². The van der Waals surface area contributed by atoms with Crippen molar-refractivity contribution < 1.29 is 14.7 Å². The quantitative estimate of drug-likeness (QED) is 0.588. The molecule has 1 aromatic heterocycles. The summed E-state index contributed by atoms with van der Waals surface area (Å²) in [5.41, 5.74) is 7.03. The highest BCUT2D eigenvalue weighted by atomic mass is 16.3. The molecule has 2 fully saturated rings. The number of carbonyl (C=O) groups is 2. The standard InChI is InChI=1S/C20H28N6O3/c1-12-2-7-17-16(8-12)19(24-26(17)20(21)29)22-9-18(28)23-13-10-25(11-13)14-3-5-15(27)6-4-14/h2,7-8,13-15,27H,3-6,9-11H2,1H3,(H2,21,29)(H,22,24)(H,23,28). The number of carbonyl (C=O) groups excluding carboxylic acids is 2. The molecule has 1 saturated heterocycles. The van der Waals surface area contributed by atoms with Gasteiger partial charge in [-0.15, -0.1) is 5.10 Å². The summed E-state index contributed by atoms with van der Waals surface area (Å²) in [4.78, 5) is 26.3. The Morgan fingerprint density at radius 2 is 1.97 bits per heavy atom. The van der Waals surface area contributed by atoms with Crippen molar-refractivity contribution >= 4 is 28.7 Å². The molecular formula is C20H28N6O3. The lowest BCUT2D eigenvalue weighted by molar-refractivity contribution is -0.121. The van der Waals surface area contributed by atoms with Crippen LogP contribution >= 0.6 is 0 Å². The highest BCUT2D eigenvalue weighted by Gasteiger charge is 2.34. The van der Waals surface area contributed by atoms with E-state index in [1.807, 2.05) is 19.1 Å². The molecule has 1 saturated carbocycles. The van der Waals surface area contributed by atoms with Crippen LogP contribution in [-0.2, 0) is 4.79 Å². The molecule has 1 aromatic carbocycles. The molecule has 0 bridgehead atoms. The summed E-state index contributed by atoms with van der Waals surface area (Å²) in [5, 5.41) is 20.7. The van der Waals surface area contributed by atoms with Crippen LogP contribution in [0.1, 0.15) is 31.2 Å². The minimum Gasteiger partial charge on any atom is -0.393 e. The molecule has 2 heterocycles. The molecule has 2 aliphatic rings. The number of nitrogens with two attached hydrogens (primary N) is 1. The Bertz CT molecular complexity index is 912. The normalized spacial score (nSPS) is 23.0. The lowest BCUT2D eigenvalue weighted by atomic mass is 9.89. The smallest absolute Gasteiger partial charge is 0.340 e. The topological polar surface area (TPSA) is 126 Å². The number of anilines is 1. The van der Waals surface area contributed by atoms with E-state index in [0.29, 0.717) is 17.4 Å². The highest BCUT2D eigenvalue weighted by molar-refractivity contribution is 5.97. The molecule has 1 aliphatic heterocycles. The third kappa shape index (κ3) is 4.20. The number of hydrogen-bond acceptors (Lipinski definition) is 6. The van der Waals surface area contributed by atoms with Crippen molar-refractivity contribution in [3.63, 3.8) is 0 Å². The number of aliphatic hydroxyl groups excluding tert-OH is 1. The van der Waals surface area contributed by atoms with Gasteiger partial charge >= 0.3 is 6.03 Å². The van der Waals surface area contributed by atoms with Gasteiger partial charge in [0.05, 0.1) is 24.2 Å². The molecule has 29 heavy (non-hydrogen) atoms. The molecule has 0 unspecified atom stereocenters. The SMILES string of the molecule is Cc1ccc2c(c1)c(NCC(=O)NC1CN(C3CCC(O)CC3)C1)nn2C(N)=O. The predicted octanol–water partition coefficient (Wildman–Crippen LogP) is 0.787. The Morgan fingerprint density at radius 1 is 1.24 bits per heavy atom. The van der Waals surface area contributed by atoms with Crippen molar-refractivity contribution in [2.75, 3.05) is 25.0 Å². The Balaban J connectivity index is 1.29. The van der Waals surface area contributed by atoms with Crippen LogP contribution in [-0.4, -0.2) is 69.5 Å². The van der Waals surface area contributed by atoms with Gasteiger partial charge in [0.1, 0.15) is 0 Å². The van der Waals surface area contributed by atoms with E-state index in [2.05, 4.69) is 20.6 Å². The first-order valence-corrected chi connectivity index (χ1v) is 10.1. The summed E-state index contributed by atoms with van der Waals surface area (Å²) in [6, 6.07) is 5.60. The Labute approximate surface area is 169 Å². The van der Waals surface area contributed by atoms with E-state index >= 15 is 0 Å². The molecule has 2 amide bonds. The molecule has 4 rings (SSSR count). The fraction of sp³-hybridized carbons (Fsp3) is 0.550. The molecule has 0 spiro atoms. The zero-order valence-corrected chi connectivity index (χ0v) is 16.6. The molecule has 9 heteroatoms. The van der Waals surface area contributed by atoms with Crippen LogP contribution < -0.4 is 16.4 Å². The summed E-state index contributed by atoms with van der Waals surface area (Å²) < 4.78 is 1.14. The second kappa shape index (κ2) is 8.00. The van der Waals surface area contributed by atoms with E-state index in [1.165, 1.54) is 0 Å². The number of aromatic nitrogens is 2. The van der Waals surface area contributed by atoms with Crippen LogP contribution in [0.2, 0.25) is 0 Å². The van der Waals surface area contributed by atoms with Crippen LogP contribution in [0.25, 0.3) is 10.9 Å². The predicted molar refractivity (Wildman–Crippen MR) is 110 cm³/mol. The third-order valence-electron chi connectivity index (χ3n) is 5.92. The van der Waals surface area contributed by atoms with E-state index < -0.39 is 6.03 Å². The van der Waals surface area contributed by atoms with Crippen LogP contribution in [0.4, 0.5) is 10.6 Å². The lowest BCUT2D eigenvalue weighted by Gasteiger charge is -2.46. The zero-order chi connectivity index (χ0) is 20.5. The number of fused-ring (bicyclic) bond motifs is 1. The van der Waals surface area contributed by atoms with Gasteiger partial charge < -0.3 is 21.5 Å². The molecule has 5 N–H and O–H groups in total. The van der Waals surface area contributed by atoms with Crippen molar-refractivity contribution in [1.82, 2.24) is 20.0 Å². The fourth-order valence-corrected chi connectivity index (χ4v) is 4.30. The number of likely N-dealkylation sites (tertiary alicyclic amines) is 1. The molecule has 1 aliphatic carbocycles. The molecule has 0 radical (unpaired) electrons. The monoisotopic (exact) mass is 400 g/mol. The van der Waals surface area contributed by atoms with Crippen molar-refractivity contribution in [1.29, 1.82) is 0 Å². The van der Waals surface area contributed by atoms with E-state index in [4.69, 9.17) is 5.73 Å².